The molecule has 2 aromatic carbocycles. The molecule has 2 aromatic rings. The zero-order valence-electron chi connectivity index (χ0n) is 17.0. The smallest absolute Gasteiger partial charge is 0.119 e. The summed E-state index contributed by atoms with van der Waals surface area (Å²) in [6.45, 7) is 3.06. The molecule has 0 heterocycles. The maximum Gasteiger partial charge on any atom is 0.119 e. The van der Waals surface area contributed by atoms with E-state index >= 15 is 0 Å². The van der Waals surface area contributed by atoms with Gasteiger partial charge >= 0.3 is 0 Å². The summed E-state index contributed by atoms with van der Waals surface area (Å²) in [5.41, 5.74) is 4.03. The molecule has 1 nitrogen and oxygen atoms in total. The van der Waals surface area contributed by atoms with Gasteiger partial charge in [0.05, 0.1) is 6.61 Å². The first kappa shape index (κ1) is 20.0. The van der Waals surface area contributed by atoms with Gasteiger partial charge < -0.3 is 4.74 Å². The fourth-order valence-corrected chi connectivity index (χ4v) is 3.98. The highest BCUT2D eigenvalue weighted by Crippen LogP contribution is 2.28. The van der Waals surface area contributed by atoms with E-state index in [4.69, 9.17) is 4.74 Å². The molecule has 0 amide bonds. The standard InChI is InChI=1S/C26H35O/c1-2-3-4-8-21-27-26-19-17-25(18-20-26)24-15-13-23(14-16-24)12-11-22-9-6-5-7-10-22/h5,13-20,22H,2-4,6-12,21H2,1H3. The molecular formula is C26H35O. The molecule has 0 bridgehead atoms. The Bertz CT molecular complexity index is 635. The molecule has 3 rings (SSSR count). The maximum absolute atomic E-state index is 5.85. The molecule has 0 N–H and O–H groups in total. The Hall–Kier alpha value is -1.76. The molecule has 1 fully saturated rings. The van der Waals surface area contributed by atoms with E-state index in [1.54, 1.807) is 0 Å². The van der Waals surface area contributed by atoms with Crippen molar-refractivity contribution in [3.63, 3.8) is 0 Å². The second-order valence-electron chi connectivity index (χ2n) is 7.98. The summed E-state index contributed by atoms with van der Waals surface area (Å²) < 4.78 is 5.85. The fraction of sp³-hybridized carbons (Fsp3) is 0.500. The van der Waals surface area contributed by atoms with Crippen molar-refractivity contribution in [2.24, 2.45) is 5.92 Å². The van der Waals surface area contributed by atoms with Crippen LogP contribution in [0.4, 0.5) is 0 Å². The van der Waals surface area contributed by atoms with Crippen LogP contribution in [0.5, 0.6) is 5.75 Å². The summed E-state index contributed by atoms with van der Waals surface area (Å²) in [5.74, 6) is 1.92. The SMILES string of the molecule is CCCCCCOc1ccc(-c2ccc(CCC3CC[CH]CC3)cc2)cc1. The number of hydrogen-bond acceptors (Lipinski definition) is 1. The number of aryl methyl sites for hydroxylation is 1. The number of ether oxygens (including phenoxy) is 1. The van der Waals surface area contributed by atoms with Gasteiger partial charge in [-0.25, -0.2) is 0 Å². The van der Waals surface area contributed by atoms with Gasteiger partial charge in [0, 0.05) is 0 Å². The van der Waals surface area contributed by atoms with E-state index in [1.807, 2.05) is 0 Å². The maximum atomic E-state index is 5.85. The van der Waals surface area contributed by atoms with Gasteiger partial charge in [-0.1, -0.05) is 75.4 Å². The number of benzene rings is 2. The first-order valence-corrected chi connectivity index (χ1v) is 11.0. The molecule has 0 aliphatic heterocycles. The molecule has 1 heteroatoms. The van der Waals surface area contributed by atoms with Crippen molar-refractivity contribution in [2.75, 3.05) is 6.61 Å². The van der Waals surface area contributed by atoms with Crippen LogP contribution in [0.3, 0.4) is 0 Å². The molecular weight excluding hydrogens is 328 g/mol. The average molecular weight is 364 g/mol. The first-order valence-electron chi connectivity index (χ1n) is 11.0. The van der Waals surface area contributed by atoms with Gasteiger partial charge in [0.1, 0.15) is 5.75 Å². The molecule has 0 atom stereocenters. The second-order valence-corrected chi connectivity index (χ2v) is 7.98. The highest BCUT2D eigenvalue weighted by molar-refractivity contribution is 5.64. The lowest BCUT2D eigenvalue weighted by atomic mass is 9.85. The minimum atomic E-state index is 0.826. The minimum absolute atomic E-state index is 0.826. The normalized spacial score (nSPS) is 15.0. The van der Waals surface area contributed by atoms with Gasteiger partial charge in [0.2, 0.25) is 0 Å². The highest BCUT2D eigenvalue weighted by atomic mass is 16.5. The molecule has 1 aliphatic carbocycles. The quantitative estimate of drug-likeness (QED) is 0.394. The van der Waals surface area contributed by atoms with E-state index in [0.29, 0.717) is 0 Å². The van der Waals surface area contributed by atoms with E-state index in [-0.39, 0.29) is 0 Å². The van der Waals surface area contributed by atoms with Crippen molar-refractivity contribution in [1.82, 2.24) is 0 Å². The van der Waals surface area contributed by atoms with E-state index < -0.39 is 0 Å². The third-order valence-corrected chi connectivity index (χ3v) is 5.81. The Labute approximate surface area is 166 Å². The van der Waals surface area contributed by atoms with Gasteiger partial charge in [0.15, 0.2) is 0 Å². The van der Waals surface area contributed by atoms with Crippen molar-refractivity contribution in [1.29, 1.82) is 0 Å². The topological polar surface area (TPSA) is 9.23 Å². The number of rotatable bonds is 10. The number of hydrogen-bond donors (Lipinski definition) is 0. The van der Waals surface area contributed by atoms with Crippen LogP contribution in [0.1, 0.15) is 70.3 Å². The summed E-state index contributed by atoms with van der Waals surface area (Å²) >= 11 is 0. The predicted molar refractivity (Wildman–Crippen MR) is 116 cm³/mol. The molecule has 145 valence electrons. The molecule has 0 unspecified atom stereocenters. The third kappa shape index (κ3) is 6.72. The minimum Gasteiger partial charge on any atom is -0.494 e. The van der Waals surface area contributed by atoms with Gasteiger partial charge in [0.25, 0.3) is 0 Å². The molecule has 0 saturated heterocycles. The Balaban J connectivity index is 1.46. The van der Waals surface area contributed by atoms with Crippen molar-refractivity contribution in [3.05, 3.63) is 60.5 Å². The Kier molecular flexibility index (Phi) is 8.27. The lowest BCUT2D eigenvalue weighted by molar-refractivity contribution is 0.305. The van der Waals surface area contributed by atoms with Crippen LogP contribution in [0.2, 0.25) is 0 Å². The molecule has 0 aromatic heterocycles. The van der Waals surface area contributed by atoms with Crippen LogP contribution in [0, 0.1) is 12.3 Å². The van der Waals surface area contributed by atoms with Crippen LogP contribution < -0.4 is 4.74 Å². The monoisotopic (exact) mass is 363 g/mol. The van der Waals surface area contributed by atoms with Gasteiger partial charge in [-0.15, -0.1) is 0 Å². The Morgan fingerprint density at radius 3 is 2.15 bits per heavy atom. The Morgan fingerprint density at radius 2 is 1.48 bits per heavy atom. The van der Waals surface area contributed by atoms with Crippen LogP contribution in [0.15, 0.2) is 48.5 Å². The lowest BCUT2D eigenvalue weighted by Gasteiger charge is -2.21. The lowest BCUT2D eigenvalue weighted by Crippen LogP contribution is -2.07. The third-order valence-electron chi connectivity index (χ3n) is 5.81. The summed E-state index contributed by atoms with van der Waals surface area (Å²) in [6.07, 6.45) is 15.4. The van der Waals surface area contributed by atoms with Crippen molar-refractivity contribution in [2.45, 2.75) is 71.1 Å². The molecule has 1 saturated carbocycles. The Morgan fingerprint density at radius 1 is 0.815 bits per heavy atom. The molecule has 0 spiro atoms. The van der Waals surface area contributed by atoms with Crippen LogP contribution >= 0.6 is 0 Å². The van der Waals surface area contributed by atoms with Crippen molar-refractivity contribution in [3.8, 4) is 16.9 Å². The molecule has 27 heavy (non-hydrogen) atoms. The zero-order valence-corrected chi connectivity index (χ0v) is 17.0. The van der Waals surface area contributed by atoms with Gasteiger partial charge in [-0.2, -0.15) is 0 Å². The largest absolute Gasteiger partial charge is 0.494 e. The summed E-state index contributed by atoms with van der Waals surface area (Å²) in [6, 6.07) is 17.7. The van der Waals surface area contributed by atoms with Gasteiger partial charge in [-0.3, -0.25) is 0 Å². The van der Waals surface area contributed by atoms with Crippen LogP contribution in [-0.2, 0) is 6.42 Å². The average Bonchev–Trinajstić information content (AvgIpc) is 2.74. The van der Waals surface area contributed by atoms with Crippen molar-refractivity contribution < 1.29 is 4.74 Å². The number of unbranched alkanes of at least 4 members (excludes halogenated alkanes) is 3. The van der Waals surface area contributed by atoms with Crippen LogP contribution in [0.25, 0.3) is 11.1 Å². The van der Waals surface area contributed by atoms with Gasteiger partial charge in [-0.05, 0) is 73.3 Å². The van der Waals surface area contributed by atoms with E-state index in [2.05, 4.69) is 61.9 Å². The van der Waals surface area contributed by atoms with E-state index in [1.165, 1.54) is 74.5 Å². The summed E-state index contributed by atoms with van der Waals surface area (Å²) in [4.78, 5) is 0. The first-order chi connectivity index (χ1) is 13.3. The second kappa shape index (κ2) is 11.2. The van der Waals surface area contributed by atoms with E-state index in [0.717, 1.165) is 24.7 Å². The molecule has 1 aliphatic rings. The highest BCUT2D eigenvalue weighted by Gasteiger charge is 2.13. The summed E-state index contributed by atoms with van der Waals surface area (Å²) in [5, 5.41) is 0. The van der Waals surface area contributed by atoms with Crippen LogP contribution in [-0.4, -0.2) is 6.61 Å². The van der Waals surface area contributed by atoms with Crippen molar-refractivity contribution >= 4 is 0 Å². The predicted octanol–water partition coefficient (Wildman–Crippen LogP) is 7.64. The molecule has 1 radical (unpaired) electrons. The fourth-order valence-electron chi connectivity index (χ4n) is 3.98. The summed E-state index contributed by atoms with van der Waals surface area (Å²) in [7, 11) is 0. The zero-order chi connectivity index (χ0) is 18.7. The van der Waals surface area contributed by atoms with E-state index in [9.17, 15) is 0 Å².